The van der Waals surface area contributed by atoms with Gasteiger partial charge in [0, 0.05) is 6.07 Å². The van der Waals surface area contributed by atoms with E-state index in [1.54, 1.807) is 45.2 Å². The second kappa shape index (κ2) is 8.73. The quantitative estimate of drug-likeness (QED) is 0.711. The van der Waals surface area contributed by atoms with Crippen LogP contribution < -0.4 is 9.47 Å². The van der Waals surface area contributed by atoms with Crippen molar-refractivity contribution in [3.63, 3.8) is 0 Å². The highest BCUT2D eigenvalue weighted by atomic mass is 16.5. The maximum absolute atomic E-state index is 12.2. The third-order valence-corrected chi connectivity index (χ3v) is 3.26. The Balaban J connectivity index is 2.37. The summed E-state index contributed by atoms with van der Waals surface area (Å²) < 4.78 is 20.9. The molecule has 0 aromatic heterocycles. The Hall–Kier alpha value is -3.02. The third kappa shape index (κ3) is 4.73. The summed E-state index contributed by atoms with van der Waals surface area (Å²) in [7, 11) is 1.55. The molecule has 25 heavy (non-hydrogen) atoms. The maximum Gasteiger partial charge on any atom is 0.341 e. The second-order valence-electron chi connectivity index (χ2n) is 4.93. The van der Waals surface area contributed by atoms with Gasteiger partial charge in [0.25, 0.3) is 0 Å². The second-order valence-corrected chi connectivity index (χ2v) is 4.93. The van der Waals surface area contributed by atoms with Crippen molar-refractivity contribution in [3.8, 4) is 17.2 Å². The lowest BCUT2D eigenvalue weighted by atomic mass is 10.1. The van der Waals surface area contributed by atoms with Crippen molar-refractivity contribution in [2.75, 3.05) is 20.3 Å². The molecule has 0 saturated carbocycles. The molecule has 6 heteroatoms. The van der Waals surface area contributed by atoms with Gasteiger partial charge in [-0.2, -0.15) is 0 Å². The normalized spacial score (nSPS) is 10.0. The molecule has 0 atom stereocenters. The van der Waals surface area contributed by atoms with E-state index in [0.717, 1.165) is 0 Å². The number of carbonyl (C=O) groups excluding carboxylic acids is 2. The van der Waals surface area contributed by atoms with Crippen LogP contribution in [-0.4, -0.2) is 32.3 Å². The van der Waals surface area contributed by atoms with Crippen LogP contribution in [0.3, 0.4) is 0 Å². The molecule has 0 spiro atoms. The molecule has 0 unspecified atom stereocenters. The van der Waals surface area contributed by atoms with Gasteiger partial charge in [0.1, 0.15) is 22.8 Å². The van der Waals surface area contributed by atoms with Crippen molar-refractivity contribution >= 4 is 11.9 Å². The molecule has 0 amide bonds. The van der Waals surface area contributed by atoms with Crippen molar-refractivity contribution in [3.05, 3.63) is 53.6 Å². The van der Waals surface area contributed by atoms with E-state index in [2.05, 4.69) is 0 Å². The fourth-order valence-corrected chi connectivity index (χ4v) is 2.12. The molecule has 0 radical (unpaired) electrons. The third-order valence-electron chi connectivity index (χ3n) is 3.26. The van der Waals surface area contributed by atoms with Crippen molar-refractivity contribution in [1.29, 1.82) is 0 Å². The lowest BCUT2D eigenvalue weighted by molar-refractivity contribution is 0.0523. The van der Waals surface area contributed by atoms with Crippen LogP contribution >= 0.6 is 0 Å². The first-order valence-corrected chi connectivity index (χ1v) is 7.89. The molecule has 0 aliphatic carbocycles. The summed E-state index contributed by atoms with van der Waals surface area (Å²) in [6.07, 6.45) is 0. The summed E-state index contributed by atoms with van der Waals surface area (Å²) in [6, 6.07) is 11.5. The SMILES string of the molecule is CCOC(=O)c1ccc(Oc2cccc(OC)c2)c(C(=O)OCC)c1. The van der Waals surface area contributed by atoms with Crippen molar-refractivity contribution in [1.82, 2.24) is 0 Å². The van der Waals surface area contributed by atoms with Crippen LogP contribution in [0.15, 0.2) is 42.5 Å². The number of methoxy groups -OCH3 is 1. The van der Waals surface area contributed by atoms with Gasteiger partial charge in [-0.15, -0.1) is 0 Å². The Labute approximate surface area is 146 Å². The minimum absolute atomic E-state index is 0.148. The first kappa shape index (κ1) is 18.3. The molecule has 2 rings (SSSR count). The van der Waals surface area contributed by atoms with Crippen molar-refractivity contribution < 1.29 is 28.5 Å². The highest BCUT2D eigenvalue weighted by Gasteiger charge is 2.18. The molecular formula is C19H20O6. The number of benzene rings is 2. The number of esters is 2. The van der Waals surface area contributed by atoms with Gasteiger partial charge in [-0.3, -0.25) is 0 Å². The highest BCUT2D eigenvalue weighted by molar-refractivity contribution is 5.97. The van der Waals surface area contributed by atoms with Crippen LogP contribution in [0.1, 0.15) is 34.6 Å². The number of hydrogen-bond donors (Lipinski definition) is 0. The van der Waals surface area contributed by atoms with E-state index in [0.29, 0.717) is 11.5 Å². The van der Waals surface area contributed by atoms with Gasteiger partial charge in [0.2, 0.25) is 0 Å². The summed E-state index contributed by atoms with van der Waals surface area (Å²) in [6.45, 7) is 3.87. The zero-order chi connectivity index (χ0) is 18.2. The average molecular weight is 344 g/mol. The predicted octanol–water partition coefficient (Wildman–Crippen LogP) is 3.84. The summed E-state index contributed by atoms with van der Waals surface area (Å²) >= 11 is 0. The van der Waals surface area contributed by atoms with E-state index in [4.69, 9.17) is 18.9 Å². The largest absolute Gasteiger partial charge is 0.497 e. The van der Waals surface area contributed by atoms with Crippen LogP contribution in [0.2, 0.25) is 0 Å². The van der Waals surface area contributed by atoms with E-state index in [1.807, 2.05) is 0 Å². The summed E-state index contributed by atoms with van der Waals surface area (Å²) in [5.41, 5.74) is 0.401. The lowest BCUT2D eigenvalue weighted by Gasteiger charge is -2.12. The molecule has 0 aliphatic rings. The van der Waals surface area contributed by atoms with Crippen LogP contribution in [0.5, 0.6) is 17.2 Å². The zero-order valence-corrected chi connectivity index (χ0v) is 14.4. The molecule has 0 bridgehead atoms. The predicted molar refractivity (Wildman–Crippen MR) is 91.4 cm³/mol. The molecule has 0 heterocycles. The van der Waals surface area contributed by atoms with Crippen LogP contribution in [-0.2, 0) is 9.47 Å². The highest BCUT2D eigenvalue weighted by Crippen LogP contribution is 2.29. The smallest absolute Gasteiger partial charge is 0.341 e. The average Bonchev–Trinajstić information content (AvgIpc) is 2.62. The Morgan fingerprint density at radius 1 is 0.880 bits per heavy atom. The number of ether oxygens (including phenoxy) is 4. The summed E-state index contributed by atoms with van der Waals surface area (Å²) in [4.78, 5) is 24.1. The van der Waals surface area contributed by atoms with Gasteiger partial charge in [0.15, 0.2) is 0 Å². The van der Waals surface area contributed by atoms with E-state index in [1.165, 1.54) is 18.2 Å². The van der Waals surface area contributed by atoms with Gasteiger partial charge in [-0.1, -0.05) is 6.07 Å². The minimum Gasteiger partial charge on any atom is -0.497 e. The molecule has 0 aliphatic heterocycles. The molecule has 132 valence electrons. The Morgan fingerprint density at radius 2 is 1.56 bits per heavy atom. The van der Waals surface area contributed by atoms with Crippen LogP contribution in [0.4, 0.5) is 0 Å². The summed E-state index contributed by atoms with van der Waals surface area (Å²) in [5, 5.41) is 0. The first-order valence-electron chi connectivity index (χ1n) is 7.89. The zero-order valence-electron chi connectivity index (χ0n) is 14.4. The van der Waals surface area contributed by atoms with Crippen LogP contribution in [0, 0.1) is 0 Å². The molecule has 0 N–H and O–H groups in total. The lowest BCUT2D eigenvalue weighted by Crippen LogP contribution is -2.10. The maximum atomic E-state index is 12.2. The van der Waals surface area contributed by atoms with Gasteiger partial charge < -0.3 is 18.9 Å². The van der Waals surface area contributed by atoms with Gasteiger partial charge >= 0.3 is 11.9 Å². The molecule has 2 aromatic rings. The van der Waals surface area contributed by atoms with Gasteiger partial charge in [-0.05, 0) is 44.2 Å². The topological polar surface area (TPSA) is 71.1 Å². The molecule has 2 aromatic carbocycles. The number of hydrogen-bond acceptors (Lipinski definition) is 6. The minimum atomic E-state index is -0.577. The fourth-order valence-electron chi connectivity index (χ4n) is 2.12. The van der Waals surface area contributed by atoms with E-state index >= 15 is 0 Å². The molecule has 0 fully saturated rings. The standard InChI is InChI=1S/C19H20O6/c1-4-23-18(20)13-9-10-17(16(11-13)19(21)24-5-2)25-15-8-6-7-14(12-15)22-3/h6-12H,4-5H2,1-3H3. The van der Waals surface area contributed by atoms with E-state index in [9.17, 15) is 9.59 Å². The van der Waals surface area contributed by atoms with E-state index < -0.39 is 11.9 Å². The van der Waals surface area contributed by atoms with Gasteiger partial charge in [0.05, 0.1) is 25.9 Å². The Bertz CT molecular complexity index is 753. The van der Waals surface area contributed by atoms with Gasteiger partial charge in [-0.25, -0.2) is 9.59 Å². The molecular weight excluding hydrogens is 324 g/mol. The fraction of sp³-hybridized carbons (Fsp3) is 0.263. The van der Waals surface area contributed by atoms with Crippen molar-refractivity contribution in [2.45, 2.75) is 13.8 Å². The molecule has 0 saturated heterocycles. The Morgan fingerprint density at radius 3 is 2.24 bits per heavy atom. The Kier molecular flexibility index (Phi) is 6.39. The monoisotopic (exact) mass is 344 g/mol. The van der Waals surface area contributed by atoms with Crippen molar-refractivity contribution in [2.24, 2.45) is 0 Å². The summed E-state index contributed by atoms with van der Waals surface area (Å²) in [5.74, 6) is 0.305. The number of rotatable bonds is 7. The van der Waals surface area contributed by atoms with Crippen LogP contribution in [0.25, 0.3) is 0 Å². The number of carbonyl (C=O) groups is 2. The van der Waals surface area contributed by atoms with E-state index in [-0.39, 0.29) is 30.1 Å². The molecule has 6 nitrogen and oxygen atoms in total. The first-order chi connectivity index (χ1) is 12.1.